The maximum Gasteiger partial charge on any atom is 0.368 e. The highest BCUT2D eigenvalue weighted by Crippen LogP contribution is 1.82. The van der Waals surface area contributed by atoms with Crippen LogP contribution in [-0.4, -0.2) is 13.1 Å². The van der Waals surface area contributed by atoms with E-state index in [1.807, 2.05) is 0 Å². The molecular formula is C10H18O5. The zero-order valence-corrected chi connectivity index (χ0v) is 9.07. The zero-order chi connectivity index (χ0) is 13.1. The maximum atomic E-state index is 10.1. The second-order valence-electron chi connectivity index (χ2n) is 0.909. The Bertz CT molecular complexity index is 131. The fourth-order valence-corrected chi connectivity index (χ4v) is 0.109. The minimum Gasteiger partial charge on any atom is -0.262 e. The average Bonchev–Trinajstić information content (AvgIpc) is 2.36. The number of rotatable bonds is 4. The molecule has 0 unspecified atom stereocenters. The van der Waals surface area contributed by atoms with Gasteiger partial charge in [0.1, 0.15) is 0 Å². The van der Waals surface area contributed by atoms with E-state index in [4.69, 9.17) is 0 Å². The molecule has 5 nitrogen and oxygen atoms in total. The Labute approximate surface area is 90.7 Å². The fourth-order valence-electron chi connectivity index (χ4n) is 0.109. The molecular weight excluding hydrogens is 200 g/mol. The van der Waals surface area contributed by atoms with Gasteiger partial charge in [-0.1, -0.05) is 6.58 Å². The third kappa shape index (κ3) is 46.4. The van der Waals surface area contributed by atoms with Crippen molar-refractivity contribution in [3.05, 3.63) is 52.1 Å². The van der Waals surface area contributed by atoms with Crippen molar-refractivity contribution in [3.8, 4) is 0 Å². The van der Waals surface area contributed by atoms with Gasteiger partial charge in [-0.3, -0.25) is 4.89 Å². The van der Waals surface area contributed by atoms with E-state index < -0.39 is 5.97 Å². The van der Waals surface area contributed by atoms with Crippen molar-refractivity contribution >= 4 is 5.97 Å². The summed E-state index contributed by atoms with van der Waals surface area (Å²) in [6.45, 7) is 21.1. The van der Waals surface area contributed by atoms with Crippen molar-refractivity contribution < 1.29 is 24.6 Å². The summed E-state index contributed by atoms with van der Waals surface area (Å²) >= 11 is 0. The Kier molecular flexibility index (Phi) is 61.4. The Hall–Kier alpha value is -1.69. The topological polar surface area (TPSA) is 54.0 Å². The van der Waals surface area contributed by atoms with E-state index in [1.165, 1.54) is 7.11 Å². The van der Waals surface area contributed by atoms with Crippen LogP contribution in [0.1, 0.15) is 0 Å². The zero-order valence-electron chi connectivity index (χ0n) is 9.07. The Morgan fingerprint density at radius 3 is 1.67 bits per heavy atom. The fraction of sp³-hybridized carbons (Fsp3) is 0.100. The van der Waals surface area contributed by atoms with Gasteiger partial charge < -0.3 is 0 Å². The summed E-state index contributed by atoms with van der Waals surface area (Å²) < 4.78 is 0. The van der Waals surface area contributed by atoms with Crippen LogP contribution in [0, 0.1) is 0 Å². The third-order valence-electron chi connectivity index (χ3n) is 0.379. The molecule has 0 saturated heterocycles. The minimum atomic E-state index is -0.757. The van der Waals surface area contributed by atoms with Gasteiger partial charge in [-0.15, -0.1) is 39.5 Å². The molecule has 0 radical (unpaired) electrons. The van der Waals surface area contributed by atoms with Crippen molar-refractivity contribution in [2.75, 3.05) is 7.11 Å². The first-order chi connectivity index (χ1) is 7.31. The molecule has 0 aromatic heterocycles. The molecule has 0 rings (SSSR count). The molecule has 0 amide bonds. The lowest BCUT2D eigenvalue weighted by molar-refractivity contribution is -0.610. The van der Waals surface area contributed by atoms with Crippen LogP contribution in [0.4, 0.5) is 0 Å². The monoisotopic (exact) mass is 218 g/mol. The summed E-state index contributed by atoms with van der Waals surface area (Å²) in [7, 11) is 1.20. The van der Waals surface area contributed by atoms with E-state index in [-0.39, 0.29) is 0 Å². The molecule has 0 bridgehead atoms. The molecule has 0 N–H and O–H groups in total. The van der Waals surface area contributed by atoms with E-state index in [1.54, 1.807) is 0 Å². The second kappa shape index (κ2) is 39.5. The van der Waals surface area contributed by atoms with Gasteiger partial charge in [0.2, 0.25) is 0 Å². The molecule has 0 heterocycles. The molecule has 0 aliphatic rings. The summed E-state index contributed by atoms with van der Waals surface area (Å²) in [5, 5.41) is 7.41. The van der Waals surface area contributed by atoms with Crippen LogP contribution in [0.15, 0.2) is 52.1 Å². The summed E-state index contributed by atoms with van der Waals surface area (Å²) in [5.74, 6) is -0.757. The highest BCUT2D eigenvalue weighted by atomic mass is 17.7. The maximum absolute atomic E-state index is 10.1. The van der Waals surface area contributed by atoms with Gasteiger partial charge in [0.15, 0.2) is 0 Å². The standard InChI is InChI=1S/C4H6O5.3C2H4/c1-3-4(5)7-9-8-6-2;3*1-2/h3H,1H2,2H3;3*1-2H2. The number of hydrogen-bond donors (Lipinski definition) is 0. The Morgan fingerprint density at radius 2 is 1.40 bits per heavy atom. The predicted octanol–water partition coefficient (Wildman–Crippen LogP) is 2.55. The van der Waals surface area contributed by atoms with Gasteiger partial charge in [-0.05, 0) is 5.04 Å². The van der Waals surface area contributed by atoms with Gasteiger partial charge in [0.05, 0.1) is 7.11 Å². The highest BCUT2D eigenvalue weighted by Gasteiger charge is 1.94. The summed E-state index contributed by atoms with van der Waals surface area (Å²) in [4.78, 5) is 17.8. The van der Waals surface area contributed by atoms with E-state index >= 15 is 0 Å². The molecule has 15 heavy (non-hydrogen) atoms. The van der Waals surface area contributed by atoms with Crippen molar-refractivity contribution in [2.45, 2.75) is 0 Å². The minimum absolute atomic E-state index is 0.757. The smallest absolute Gasteiger partial charge is 0.262 e. The third-order valence-corrected chi connectivity index (χ3v) is 0.379. The highest BCUT2D eigenvalue weighted by molar-refractivity contribution is 5.80. The molecule has 0 saturated carbocycles. The van der Waals surface area contributed by atoms with Crippen LogP contribution < -0.4 is 0 Å². The van der Waals surface area contributed by atoms with Gasteiger partial charge in [0.25, 0.3) is 0 Å². The van der Waals surface area contributed by atoms with Gasteiger partial charge >= 0.3 is 5.97 Å². The lowest BCUT2D eigenvalue weighted by atomic mass is 10.7. The SMILES string of the molecule is C=C.C=C.C=C.C=CC(=O)OOOOC. The summed E-state index contributed by atoms with van der Waals surface area (Å²) in [6.07, 6.45) is 0.916. The molecule has 5 heteroatoms. The summed E-state index contributed by atoms with van der Waals surface area (Å²) in [6, 6.07) is 0. The van der Waals surface area contributed by atoms with Crippen LogP contribution >= 0.6 is 0 Å². The van der Waals surface area contributed by atoms with Crippen molar-refractivity contribution in [1.82, 2.24) is 0 Å². The van der Waals surface area contributed by atoms with Crippen molar-refractivity contribution in [2.24, 2.45) is 0 Å². The van der Waals surface area contributed by atoms with Crippen molar-refractivity contribution in [1.29, 1.82) is 0 Å². The van der Waals surface area contributed by atoms with E-state index in [9.17, 15) is 4.79 Å². The van der Waals surface area contributed by atoms with Crippen LogP contribution in [0.25, 0.3) is 0 Å². The van der Waals surface area contributed by atoms with Gasteiger partial charge in [-0.25, -0.2) is 9.68 Å². The Balaban J connectivity index is -0.0000000860. The van der Waals surface area contributed by atoms with Crippen LogP contribution in [0.5, 0.6) is 0 Å². The molecule has 88 valence electrons. The van der Waals surface area contributed by atoms with E-state index in [2.05, 4.69) is 65.9 Å². The van der Waals surface area contributed by atoms with E-state index in [0.717, 1.165) is 6.08 Å². The van der Waals surface area contributed by atoms with Gasteiger partial charge in [-0.2, -0.15) is 0 Å². The summed E-state index contributed by atoms with van der Waals surface area (Å²) in [5.41, 5.74) is 0. The van der Waals surface area contributed by atoms with Crippen LogP contribution in [0.3, 0.4) is 0 Å². The first-order valence-corrected chi connectivity index (χ1v) is 3.51. The first-order valence-electron chi connectivity index (χ1n) is 3.51. The normalized spacial score (nSPS) is 5.93. The molecule has 0 aromatic rings. The lowest BCUT2D eigenvalue weighted by Crippen LogP contribution is -2.01. The molecule has 0 aliphatic carbocycles. The first kappa shape index (κ1) is 23.3. The molecule has 0 fully saturated rings. The molecule has 0 spiro atoms. The number of carbonyl (C=O) groups excluding carboxylic acids is 1. The average molecular weight is 218 g/mol. The van der Waals surface area contributed by atoms with Crippen LogP contribution in [-0.2, 0) is 24.6 Å². The molecule has 0 aromatic carbocycles. The second-order valence-corrected chi connectivity index (χ2v) is 0.909. The largest absolute Gasteiger partial charge is 0.368 e. The number of hydrogen-bond acceptors (Lipinski definition) is 5. The van der Waals surface area contributed by atoms with Gasteiger partial charge in [0, 0.05) is 11.1 Å². The van der Waals surface area contributed by atoms with E-state index in [0.29, 0.717) is 0 Å². The van der Waals surface area contributed by atoms with Crippen LogP contribution in [0.2, 0.25) is 0 Å². The predicted molar refractivity (Wildman–Crippen MR) is 59.2 cm³/mol. The Morgan fingerprint density at radius 1 is 1.00 bits per heavy atom. The quantitative estimate of drug-likeness (QED) is 0.238. The lowest BCUT2D eigenvalue weighted by Gasteiger charge is -1.93. The van der Waals surface area contributed by atoms with Crippen molar-refractivity contribution in [3.63, 3.8) is 0 Å². The number of carbonyl (C=O) groups is 1. The molecule has 0 aliphatic heterocycles. The molecule has 0 atom stereocenters.